The number of carboxylic acid groups (broad SMARTS) is 1. The van der Waals surface area contributed by atoms with E-state index in [1.54, 1.807) is 24.3 Å². The first-order chi connectivity index (χ1) is 11.6. The van der Waals surface area contributed by atoms with Crippen LogP contribution in [0.25, 0.3) is 0 Å². The molecule has 0 saturated carbocycles. The highest BCUT2D eigenvalue weighted by Crippen LogP contribution is 2.42. The number of nitrogens with one attached hydrogen (secondary N) is 1. The van der Waals surface area contributed by atoms with Crippen molar-refractivity contribution in [1.82, 2.24) is 10.2 Å². The van der Waals surface area contributed by atoms with E-state index in [-0.39, 0.29) is 23.8 Å². The second-order valence-electron chi connectivity index (χ2n) is 7.25. The lowest BCUT2D eigenvalue weighted by atomic mass is 9.92. The molecule has 0 aliphatic carbocycles. The summed E-state index contributed by atoms with van der Waals surface area (Å²) in [6.45, 7) is 5.84. The van der Waals surface area contributed by atoms with Crippen molar-refractivity contribution in [3.8, 4) is 0 Å². The minimum absolute atomic E-state index is 0.111. The number of sulfonamides is 1. The summed E-state index contributed by atoms with van der Waals surface area (Å²) in [6, 6.07) is 7.05. The quantitative estimate of drug-likeness (QED) is 0.868. The molecule has 0 unspecified atom stereocenters. The minimum Gasteiger partial charge on any atom is -0.481 e. The Morgan fingerprint density at radius 2 is 2.04 bits per heavy atom. The number of aromatic amines is 1. The lowest BCUT2D eigenvalue weighted by Crippen LogP contribution is -2.32. The van der Waals surface area contributed by atoms with Crippen molar-refractivity contribution in [1.29, 1.82) is 0 Å². The summed E-state index contributed by atoms with van der Waals surface area (Å²) < 4.78 is 27.9. The predicted octanol–water partition coefficient (Wildman–Crippen LogP) is 2.47. The van der Waals surface area contributed by atoms with Crippen molar-refractivity contribution in [3.05, 3.63) is 41.7 Å². The summed E-state index contributed by atoms with van der Waals surface area (Å²) in [7, 11) is -3.84. The number of benzene rings is 1. The van der Waals surface area contributed by atoms with Crippen LogP contribution in [-0.4, -0.2) is 36.2 Å². The summed E-state index contributed by atoms with van der Waals surface area (Å²) in [4.78, 5) is 11.3. The number of H-pyrrole nitrogens is 1. The minimum atomic E-state index is -3.84. The van der Waals surface area contributed by atoms with Gasteiger partial charge in [0.15, 0.2) is 0 Å². The molecule has 1 aliphatic rings. The van der Waals surface area contributed by atoms with Crippen LogP contribution < -0.4 is 4.31 Å². The highest BCUT2D eigenvalue weighted by atomic mass is 32.2. The molecule has 134 valence electrons. The van der Waals surface area contributed by atoms with E-state index in [9.17, 15) is 13.2 Å². The summed E-state index contributed by atoms with van der Waals surface area (Å²) in [5.74, 6) is -1.31. The van der Waals surface area contributed by atoms with Crippen molar-refractivity contribution in [2.45, 2.75) is 43.4 Å². The van der Waals surface area contributed by atoms with Gasteiger partial charge < -0.3 is 5.11 Å². The van der Waals surface area contributed by atoms with E-state index in [1.807, 2.05) is 20.8 Å². The van der Waals surface area contributed by atoms with Gasteiger partial charge in [0.25, 0.3) is 10.0 Å². The molecule has 2 heterocycles. The molecule has 1 aromatic heterocycles. The molecule has 7 nitrogen and oxygen atoms in total. The van der Waals surface area contributed by atoms with E-state index >= 15 is 0 Å². The number of hydrogen-bond donors (Lipinski definition) is 2. The van der Waals surface area contributed by atoms with Crippen LogP contribution in [0.5, 0.6) is 0 Å². The number of aliphatic carboxylic acids is 1. The molecule has 0 bridgehead atoms. The number of para-hydroxylation sites is 1. The average Bonchev–Trinajstić information content (AvgIpc) is 3.12. The number of aromatic nitrogens is 2. The molecule has 2 aromatic rings. The van der Waals surface area contributed by atoms with Crippen LogP contribution in [0.2, 0.25) is 0 Å². The number of carboxylic acids is 1. The molecule has 0 amide bonds. The van der Waals surface area contributed by atoms with Crippen LogP contribution in [0, 0.1) is 0 Å². The zero-order valence-corrected chi connectivity index (χ0v) is 15.2. The first-order valence-corrected chi connectivity index (χ1v) is 9.43. The van der Waals surface area contributed by atoms with E-state index in [0.29, 0.717) is 11.4 Å². The van der Waals surface area contributed by atoms with Crippen molar-refractivity contribution in [3.63, 3.8) is 0 Å². The highest BCUT2D eigenvalue weighted by molar-refractivity contribution is 7.93. The summed E-state index contributed by atoms with van der Waals surface area (Å²) in [6.07, 6.45) is 1.21. The van der Waals surface area contributed by atoms with Gasteiger partial charge in [0.05, 0.1) is 24.0 Å². The van der Waals surface area contributed by atoms with Gasteiger partial charge in [-0.3, -0.25) is 14.2 Å². The van der Waals surface area contributed by atoms with Crippen LogP contribution in [0.4, 0.5) is 5.69 Å². The number of rotatable bonds is 4. The maximum absolute atomic E-state index is 13.3. The van der Waals surface area contributed by atoms with Crippen molar-refractivity contribution < 1.29 is 18.3 Å². The fourth-order valence-electron chi connectivity index (χ4n) is 3.20. The van der Waals surface area contributed by atoms with Crippen LogP contribution in [-0.2, 0) is 20.2 Å². The first-order valence-electron chi connectivity index (χ1n) is 7.99. The van der Waals surface area contributed by atoms with Gasteiger partial charge in [0.1, 0.15) is 4.90 Å². The summed E-state index contributed by atoms with van der Waals surface area (Å²) in [5, 5.41) is 15.9. The van der Waals surface area contributed by atoms with Crippen LogP contribution in [0.1, 0.15) is 44.4 Å². The predicted molar refractivity (Wildman–Crippen MR) is 93.3 cm³/mol. The zero-order chi connectivity index (χ0) is 18.4. The lowest BCUT2D eigenvalue weighted by molar-refractivity contribution is -0.137. The van der Waals surface area contributed by atoms with Crippen LogP contribution >= 0.6 is 0 Å². The highest BCUT2D eigenvalue weighted by Gasteiger charge is 2.40. The molecule has 25 heavy (non-hydrogen) atoms. The second-order valence-corrected chi connectivity index (χ2v) is 9.08. The number of carbonyl (C=O) groups is 1. The smallest absolute Gasteiger partial charge is 0.304 e. The third kappa shape index (κ3) is 3.02. The zero-order valence-electron chi connectivity index (χ0n) is 14.4. The number of nitrogens with zero attached hydrogens (tertiary/aromatic N) is 2. The molecule has 0 fully saturated rings. The van der Waals surface area contributed by atoms with E-state index in [1.165, 1.54) is 10.5 Å². The van der Waals surface area contributed by atoms with Crippen molar-refractivity contribution >= 4 is 21.7 Å². The van der Waals surface area contributed by atoms with E-state index in [2.05, 4.69) is 10.2 Å². The van der Waals surface area contributed by atoms with Crippen LogP contribution in [0.3, 0.4) is 0 Å². The Hall–Kier alpha value is -2.35. The van der Waals surface area contributed by atoms with Gasteiger partial charge in [-0.25, -0.2) is 8.42 Å². The average molecular weight is 363 g/mol. The Morgan fingerprint density at radius 1 is 1.36 bits per heavy atom. The summed E-state index contributed by atoms with van der Waals surface area (Å²) in [5.41, 5.74) is 1.40. The van der Waals surface area contributed by atoms with Gasteiger partial charge in [0.2, 0.25) is 0 Å². The van der Waals surface area contributed by atoms with Crippen molar-refractivity contribution in [2.24, 2.45) is 0 Å². The normalized spacial score (nSPS) is 17.6. The van der Waals surface area contributed by atoms with Gasteiger partial charge in [-0.2, -0.15) is 5.10 Å². The molecule has 0 spiro atoms. The Morgan fingerprint density at radius 3 is 2.68 bits per heavy atom. The molecule has 0 saturated heterocycles. The van der Waals surface area contributed by atoms with Gasteiger partial charge in [-0.05, 0) is 11.6 Å². The lowest BCUT2D eigenvalue weighted by Gasteiger charge is -2.23. The van der Waals surface area contributed by atoms with Crippen molar-refractivity contribution in [2.75, 3.05) is 10.8 Å². The summed E-state index contributed by atoms with van der Waals surface area (Å²) >= 11 is 0. The maximum Gasteiger partial charge on any atom is 0.304 e. The number of fused-ring (bicyclic) bond motifs is 1. The standard InChI is InChI=1S/C17H21N3O4S/c1-17(2,3)16-14(9-18-19-16)25(23,24)20-10-11(8-15(21)22)12-6-4-5-7-13(12)20/h4-7,9,11H,8,10H2,1-3H3,(H,18,19)(H,21,22)/t11-/m1/s1. The SMILES string of the molecule is CC(C)(C)c1[nH]ncc1S(=O)(=O)N1C[C@@H](CC(=O)O)c2ccccc21. The van der Waals surface area contributed by atoms with E-state index in [0.717, 1.165) is 5.56 Å². The third-order valence-corrected chi connectivity index (χ3v) is 6.17. The molecule has 8 heteroatoms. The van der Waals surface area contributed by atoms with Crippen LogP contribution in [0.15, 0.2) is 35.4 Å². The van der Waals surface area contributed by atoms with E-state index in [4.69, 9.17) is 5.11 Å². The molecule has 1 aromatic carbocycles. The Bertz CT molecular complexity index is 912. The Labute approximate surface area is 146 Å². The topological polar surface area (TPSA) is 103 Å². The molecule has 1 aliphatic heterocycles. The molecule has 1 atom stereocenters. The number of hydrogen-bond acceptors (Lipinski definition) is 4. The largest absolute Gasteiger partial charge is 0.481 e. The molecule has 0 radical (unpaired) electrons. The Balaban J connectivity index is 2.08. The van der Waals surface area contributed by atoms with Gasteiger partial charge in [-0.15, -0.1) is 0 Å². The van der Waals surface area contributed by atoms with Gasteiger partial charge in [-0.1, -0.05) is 39.0 Å². The second kappa shape index (κ2) is 5.87. The molecule has 3 rings (SSSR count). The monoisotopic (exact) mass is 363 g/mol. The van der Waals surface area contributed by atoms with Gasteiger partial charge >= 0.3 is 5.97 Å². The molecule has 2 N–H and O–H groups in total. The Kier molecular flexibility index (Phi) is 4.10. The fourth-order valence-corrected chi connectivity index (χ4v) is 5.03. The van der Waals surface area contributed by atoms with Gasteiger partial charge in [0, 0.05) is 17.9 Å². The maximum atomic E-state index is 13.3. The van der Waals surface area contributed by atoms with E-state index < -0.39 is 21.4 Å². The fraction of sp³-hybridized carbons (Fsp3) is 0.412. The first kappa shape index (κ1) is 17.5. The third-order valence-electron chi connectivity index (χ3n) is 4.38. The molecular weight excluding hydrogens is 342 g/mol. The molecular formula is C17H21N3O4S. The number of anilines is 1.